The first-order chi connectivity index (χ1) is 20.5. The molecule has 0 amide bonds. The summed E-state index contributed by atoms with van der Waals surface area (Å²) in [6, 6.07) is 15.3. The third-order valence-corrected chi connectivity index (χ3v) is 9.10. The summed E-state index contributed by atoms with van der Waals surface area (Å²) in [5.74, 6) is 0.281. The number of hydrogen-bond acceptors (Lipinski definition) is 6. The third-order valence-electron chi connectivity index (χ3n) is 7.39. The number of hydrogen-bond donors (Lipinski definition) is 2. The van der Waals surface area contributed by atoms with E-state index >= 15 is 0 Å². The number of phenols is 2. The van der Waals surface area contributed by atoms with Crippen molar-refractivity contribution in [3.05, 3.63) is 81.9 Å². The first-order valence-electron chi connectivity index (χ1n) is 15.3. The molecule has 0 aliphatic rings. The fourth-order valence-electron chi connectivity index (χ4n) is 4.60. The molecule has 0 bridgehead atoms. The van der Waals surface area contributed by atoms with Crippen LogP contribution in [0.2, 0.25) is 0 Å². The Morgan fingerprint density at radius 3 is 1.42 bits per heavy atom. The van der Waals surface area contributed by atoms with Crippen LogP contribution in [-0.4, -0.2) is 28.6 Å². The van der Waals surface area contributed by atoms with Crippen molar-refractivity contribution in [2.24, 2.45) is 8.08 Å². The quantitative estimate of drug-likeness (QED) is 0.158. The SMILES string of the molecule is CC(=O)Oc1cccc[c]1[Co]([N]=Cc1cc(C(C)(C)C)cc(C(C)(C)C)c1O)[N]=Cc1cc(C(C)(C)C)cc(C(C)(C)C)c1O. The molecule has 0 spiro atoms. The van der Waals surface area contributed by atoms with E-state index in [0.717, 1.165) is 22.3 Å². The molecular formula is C38H51CoN2O4. The summed E-state index contributed by atoms with van der Waals surface area (Å²) in [5.41, 5.74) is 4.13. The average molecular weight is 659 g/mol. The molecule has 2 N–H and O–H groups in total. The van der Waals surface area contributed by atoms with Gasteiger partial charge in [-0.25, -0.2) is 0 Å². The minimum absolute atomic E-state index is 0.152. The molecule has 3 aromatic carbocycles. The molecule has 3 rings (SSSR count). The van der Waals surface area contributed by atoms with Gasteiger partial charge in [-0.15, -0.1) is 0 Å². The molecule has 3 aromatic rings. The summed E-state index contributed by atoms with van der Waals surface area (Å²) in [4.78, 5) is 12.0. The topological polar surface area (TPSA) is 91.5 Å². The van der Waals surface area contributed by atoms with Crippen LogP contribution in [0.15, 0.2) is 56.6 Å². The van der Waals surface area contributed by atoms with Gasteiger partial charge in [-0.3, -0.25) is 0 Å². The van der Waals surface area contributed by atoms with Crippen LogP contribution in [0, 0.1) is 0 Å². The number of nitrogens with zero attached hydrogens (tertiary/aromatic N) is 2. The zero-order valence-corrected chi connectivity index (χ0v) is 30.3. The van der Waals surface area contributed by atoms with Gasteiger partial charge in [0.15, 0.2) is 0 Å². The van der Waals surface area contributed by atoms with Gasteiger partial charge >= 0.3 is 276 Å². The van der Waals surface area contributed by atoms with Crippen LogP contribution < -0.4 is 9.23 Å². The van der Waals surface area contributed by atoms with Gasteiger partial charge in [0.1, 0.15) is 0 Å². The van der Waals surface area contributed by atoms with Gasteiger partial charge < -0.3 is 0 Å². The maximum atomic E-state index is 12.0. The van der Waals surface area contributed by atoms with Crippen molar-refractivity contribution < 1.29 is 33.8 Å². The maximum absolute atomic E-state index is 12.0. The van der Waals surface area contributed by atoms with Gasteiger partial charge in [0, 0.05) is 0 Å². The van der Waals surface area contributed by atoms with Gasteiger partial charge in [0.25, 0.3) is 0 Å². The number of ether oxygens (including phenoxy) is 1. The number of carbonyl (C=O) groups is 1. The zero-order chi connectivity index (χ0) is 34.1. The monoisotopic (exact) mass is 658 g/mol. The van der Waals surface area contributed by atoms with Crippen molar-refractivity contribution in [3.8, 4) is 17.2 Å². The van der Waals surface area contributed by atoms with Crippen LogP contribution >= 0.6 is 0 Å². The summed E-state index contributed by atoms with van der Waals surface area (Å²) < 4.78 is 16.1. The summed E-state index contributed by atoms with van der Waals surface area (Å²) in [5, 5.41) is 22.8. The predicted octanol–water partition coefficient (Wildman–Crippen LogP) is 8.52. The molecule has 0 aliphatic heterocycles. The van der Waals surface area contributed by atoms with Gasteiger partial charge in [0.05, 0.1) is 0 Å². The molecule has 0 saturated carbocycles. The third kappa shape index (κ3) is 9.07. The summed E-state index contributed by atoms with van der Waals surface area (Å²) >= 11 is -1.66. The van der Waals surface area contributed by atoms with Crippen LogP contribution in [0.1, 0.15) is 123 Å². The summed E-state index contributed by atoms with van der Waals surface area (Å²) in [6.07, 6.45) is 3.33. The second-order valence-electron chi connectivity index (χ2n) is 15.6. The van der Waals surface area contributed by atoms with Crippen molar-refractivity contribution in [1.29, 1.82) is 0 Å². The van der Waals surface area contributed by atoms with Gasteiger partial charge in [-0.1, -0.05) is 0 Å². The first kappa shape index (κ1) is 36.0. The Hall–Kier alpha value is -3.42. The number of carbonyl (C=O) groups excluding carboxylic acids is 1. The first-order valence-corrected chi connectivity index (χ1v) is 16.7. The molecular weight excluding hydrogens is 607 g/mol. The summed E-state index contributed by atoms with van der Waals surface area (Å²) in [6.45, 7) is 26.7. The van der Waals surface area contributed by atoms with Crippen LogP contribution in [0.3, 0.4) is 0 Å². The van der Waals surface area contributed by atoms with Gasteiger partial charge in [0.2, 0.25) is 0 Å². The van der Waals surface area contributed by atoms with Crippen molar-refractivity contribution in [3.63, 3.8) is 0 Å². The Balaban J connectivity index is 2.28. The second kappa shape index (κ2) is 13.1. The molecule has 246 valence electrons. The minimum atomic E-state index is -1.66. The van der Waals surface area contributed by atoms with E-state index < -0.39 is 20.1 Å². The van der Waals surface area contributed by atoms with Crippen LogP contribution in [-0.2, 0) is 40.5 Å². The van der Waals surface area contributed by atoms with Gasteiger partial charge in [-0.05, 0) is 0 Å². The van der Waals surface area contributed by atoms with Crippen LogP contribution in [0.5, 0.6) is 17.2 Å². The van der Waals surface area contributed by atoms with Crippen molar-refractivity contribution in [2.45, 2.75) is 112 Å². The Kier molecular flexibility index (Phi) is 10.5. The molecule has 0 aromatic heterocycles. The van der Waals surface area contributed by atoms with E-state index in [0.29, 0.717) is 21.4 Å². The molecule has 0 aliphatic carbocycles. The Labute approximate surface area is 274 Å². The van der Waals surface area contributed by atoms with Gasteiger partial charge in [-0.2, -0.15) is 0 Å². The molecule has 0 atom stereocenters. The Morgan fingerprint density at radius 1 is 0.667 bits per heavy atom. The number of para-hydroxylation sites is 1. The number of benzene rings is 3. The number of rotatable bonds is 6. The predicted molar refractivity (Wildman–Crippen MR) is 184 cm³/mol. The van der Waals surface area contributed by atoms with E-state index in [1.807, 2.05) is 24.3 Å². The number of esters is 1. The molecule has 0 fully saturated rings. The van der Waals surface area contributed by atoms with Crippen LogP contribution in [0.4, 0.5) is 0 Å². The van der Waals surface area contributed by atoms with E-state index in [2.05, 4.69) is 95.2 Å². The second-order valence-corrected chi connectivity index (χ2v) is 17.3. The number of phenolic OH excluding ortho intramolecular Hbond substituents is 2. The summed E-state index contributed by atoms with van der Waals surface area (Å²) in [7, 11) is 0. The molecule has 6 nitrogen and oxygen atoms in total. The van der Waals surface area contributed by atoms with E-state index in [1.165, 1.54) is 6.92 Å². The molecule has 0 unspecified atom stereocenters. The van der Waals surface area contributed by atoms with Crippen molar-refractivity contribution >= 4 is 22.9 Å². The van der Waals surface area contributed by atoms with Crippen LogP contribution in [0.25, 0.3) is 0 Å². The van der Waals surface area contributed by atoms with E-state index in [4.69, 9.17) is 12.8 Å². The molecule has 7 heteroatoms. The molecule has 45 heavy (non-hydrogen) atoms. The fraction of sp³-hybridized carbons (Fsp3) is 0.447. The number of aromatic hydroxyl groups is 2. The zero-order valence-electron chi connectivity index (χ0n) is 29.2. The van der Waals surface area contributed by atoms with Crippen molar-refractivity contribution in [1.82, 2.24) is 0 Å². The Bertz CT molecular complexity index is 1520. The average Bonchev–Trinajstić information content (AvgIpc) is 2.87. The normalized spacial score (nSPS) is 13.5. The molecule has 0 radical (unpaired) electrons. The molecule has 0 saturated heterocycles. The molecule has 0 heterocycles. The fourth-order valence-corrected chi connectivity index (χ4v) is 6.13. The standard InChI is InChI=1S/2C15H22NO.C8H7O2.Co/c2*1-14(2,3)11-7-10(9-16)13(17)12(8-11)15(4,5)6;1-7(9)10-8-5-3-2-4-6-8;/h2*7-9,17H,1-6H3;2-5H,1H3;/q2*-1;;+2. The van der Waals surface area contributed by atoms with E-state index in [1.54, 1.807) is 24.6 Å². The van der Waals surface area contributed by atoms with E-state index in [-0.39, 0.29) is 33.2 Å². The van der Waals surface area contributed by atoms with E-state index in [9.17, 15) is 15.0 Å². The Morgan fingerprint density at radius 2 is 1.07 bits per heavy atom. The van der Waals surface area contributed by atoms with Crippen molar-refractivity contribution in [2.75, 3.05) is 0 Å².